The molecule has 3 rings (SSSR count). The van der Waals surface area contributed by atoms with Gasteiger partial charge in [0.05, 0.1) is 5.52 Å². The Morgan fingerprint density at radius 3 is 2.29 bits per heavy atom. The number of hydrogen-bond donors (Lipinski definition) is 0. The van der Waals surface area contributed by atoms with E-state index in [1.807, 2.05) is 0 Å². The zero-order valence-corrected chi connectivity index (χ0v) is 19.6. The summed E-state index contributed by atoms with van der Waals surface area (Å²) in [6, 6.07) is 8.07. The van der Waals surface area contributed by atoms with Crippen molar-refractivity contribution in [2.45, 2.75) is 29.7 Å². The topological polar surface area (TPSA) is 39.2 Å². The van der Waals surface area contributed by atoms with Crippen LogP contribution in [0.3, 0.4) is 0 Å². The highest BCUT2D eigenvalue weighted by atomic mass is 79.9. The number of hydrogen-bond acceptors (Lipinski definition) is 3. The summed E-state index contributed by atoms with van der Waals surface area (Å²) in [6.45, 7) is -3.60. The van der Waals surface area contributed by atoms with E-state index < -0.39 is 51.3 Å². The number of nitrogens with zero attached hydrogens (tertiary/aromatic N) is 1. The van der Waals surface area contributed by atoms with Crippen molar-refractivity contribution in [1.29, 1.82) is 0 Å². The molecule has 0 aliphatic heterocycles. The molecule has 0 radical (unpaired) electrons. The SMILES string of the molecule is O=C(Cc1c(Br)cc(C(F)(C(F)(F)F)C(F)(F)Br)cc1OC(F)F)c1ccc2ncccc2c1. The summed E-state index contributed by atoms with van der Waals surface area (Å²) in [5, 5.41) is 0.582. The van der Waals surface area contributed by atoms with Crippen LogP contribution in [0.2, 0.25) is 0 Å². The highest BCUT2D eigenvalue weighted by Gasteiger charge is 2.71. The smallest absolute Gasteiger partial charge is 0.433 e. The van der Waals surface area contributed by atoms with Gasteiger partial charge in [0.2, 0.25) is 0 Å². The van der Waals surface area contributed by atoms with E-state index in [2.05, 4.69) is 25.7 Å². The van der Waals surface area contributed by atoms with Crippen molar-refractivity contribution in [2.75, 3.05) is 0 Å². The molecule has 0 aliphatic carbocycles. The van der Waals surface area contributed by atoms with Crippen molar-refractivity contribution in [3.8, 4) is 5.75 Å². The minimum atomic E-state index is -6.14. The molecule has 0 spiro atoms. The number of fused-ring (bicyclic) bond motifs is 1. The zero-order valence-electron chi connectivity index (χ0n) is 16.4. The monoisotopic (exact) mass is 619 g/mol. The molecule has 0 N–H and O–H groups in total. The number of rotatable bonds is 7. The highest BCUT2D eigenvalue weighted by Crippen LogP contribution is 2.56. The molecule has 1 atom stereocenters. The lowest BCUT2D eigenvalue weighted by atomic mass is 9.92. The van der Waals surface area contributed by atoms with Crippen molar-refractivity contribution in [1.82, 2.24) is 4.98 Å². The summed E-state index contributed by atoms with van der Waals surface area (Å²) < 4.78 is 112. The summed E-state index contributed by atoms with van der Waals surface area (Å²) in [5.41, 5.74) is -6.72. The maximum atomic E-state index is 14.8. The van der Waals surface area contributed by atoms with Crippen molar-refractivity contribution in [2.24, 2.45) is 0 Å². The van der Waals surface area contributed by atoms with Gasteiger partial charge in [-0.3, -0.25) is 9.78 Å². The van der Waals surface area contributed by atoms with Crippen molar-refractivity contribution < 1.29 is 44.7 Å². The van der Waals surface area contributed by atoms with Gasteiger partial charge in [0.1, 0.15) is 5.75 Å². The second-order valence-electron chi connectivity index (χ2n) is 6.98. The second-order valence-corrected chi connectivity index (χ2v) is 8.83. The predicted octanol–water partition coefficient (Wildman–Crippen LogP) is 7.74. The molecule has 1 unspecified atom stereocenters. The van der Waals surface area contributed by atoms with Gasteiger partial charge in [0.25, 0.3) is 0 Å². The summed E-state index contributed by atoms with van der Waals surface area (Å²) in [7, 11) is 0. The first-order valence-electron chi connectivity index (χ1n) is 9.13. The average Bonchev–Trinajstić information content (AvgIpc) is 2.72. The van der Waals surface area contributed by atoms with Gasteiger partial charge in [-0.15, -0.1) is 0 Å². The third kappa shape index (κ3) is 5.04. The summed E-state index contributed by atoms with van der Waals surface area (Å²) in [4.78, 5) is 11.7. The van der Waals surface area contributed by atoms with E-state index in [1.54, 1.807) is 12.1 Å². The third-order valence-corrected chi connectivity index (χ3v) is 6.07. The van der Waals surface area contributed by atoms with Crippen molar-refractivity contribution in [3.05, 3.63) is 69.8 Å². The fourth-order valence-electron chi connectivity index (χ4n) is 3.18. The number of ketones is 1. The van der Waals surface area contributed by atoms with Gasteiger partial charge in [-0.1, -0.05) is 22.0 Å². The number of alkyl halides is 9. The Balaban J connectivity index is 2.09. The molecule has 0 saturated heterocycles. The normalized spacial score (nSPS) is 14.3. The first-order valence-corrected chi connectivity index (χ1v) is 10.7. The maximum Gasteiger partial charge on any atom is 0.433 e. The summed E-state index contributed by atoms with van der Waals surface area (Å²) >= 11 is 4.16. The molecule has 3 nitrogen and oxygen atoms in total. The molecule has 0 saturated carbocycles. The molecule has 34 heavy (non-hydrogen) atoms. The first-order chi connectivity index (χ1) is 15.6. The van der Waals surface area contributed by atoms with Gasteiger partial charge in [0.15, 0.2) is 5.78 Å². The van der Waals surface area contributed by atoms with E-state index in [9.17, 15) is 39.9 Å². The van der Waals surface area contributed by atoms with Gasteiger partial charge in [0, 0.05) is 39.2 Å². The third-order valence-electron chi connectivity index (χ3n) is 4.81. The van der Waals surface area contributed by atoms with Gasteiger partial charge in [-0.2, -0.15) is 30.7 Å². The molecule has 3 aromatic rings. The number of carbonyl (C=O) groups is 1. The van der Waals surface area contributed by atoms with E-state index in [0.29, 0.717) is 17.0 Å². The standard InChI is InChI=1S/C21H11Br2F8NO2/c22-14-7-12(19(26,20(23,27)28)21(29,30)31)8-17(34-18(24)25)13(14)9-16(33)11-3-4-15-10(6-11)2-1-5-32-15/h1-8,18H,9H2. The summed E-state index contributed by atoms with van der Waals surface area (Å²) in [6.07, 6.45) is -5.29. The van der Waals surface area contributed by atoms with Crippen LogP contribution in [0.1, 0.15) is 21.5 Å². The van der Waals surface area contributed by atoms with Crippen LogP contribution < -0.4 is 4.74 Å². The Kier molecular flexibility index (Phi) is 7.28. The summed E-state index contributed by atoms with van der Waals surface area (Å²) in [5.74, 6) is -1.73. The van der Waals surface area contributed by atoms with Gasteiger partial charge in [-0.25, -0.2) is 4.39 Å². The minimum absolute atomic E-state index is 0.0759. The Hall–Kier alpha value is -2.28. The molecular weight excluding hydrogens is 610 g/mol. The van der Waals surface area contributed by atoms with Crippen molar-refractivity contribution in [3.63, 3.8) is 0 Å². The number of carbonyl (C=O) groups excluding carboxylic acids is 1. The first kappa shape index (κ1) is 26.3. The Bertz CT molecular complexity index is 1210. The predicted molar refractivity (Wildman–Crippen MR) is 113 cm³/mol. The van der Waals surface area contributed by atoms with Crippen LogP contribution in [-0.2, 0) is 12.1 Å². The highest BCUT2D eigenvalue weighted by molar-refractivity contribution is 9.10. The van der Waals surface area contributed by atoms with Crippen LogP contribution in [-0.4, -0.2) is 28.4 Å². The van der Waals surface area contributed by atoms with E-state index >= 15 is 0 Å². The Morgan fingerprint density at radius 2 is 1.71 bits per heavy atom. The molecule has 0 aliphatic rings. The quantitative estimate of drug-likeness (QED) is 0.154. The molecule has 1 heterocycles. The molecule has 0 fully saturated rings. The lowest BCUT2D eigenvalue weighted by molar-refractivity contribution is -0.282. The van der Waals surface area contributed by atoms with Gasteiger partial charge in [-0.05, 0) is 52.3 Å². The largest absolute Gasteiger partial charge is 0.434 e. The molecule has 2 aromatic carbocycles. The zero-order chi connectivity index (χ0) is 25.5. The number of Topliss-reactive ketones (excluding diaryl/α,β-unsaturated/α-hetero) is 1. The van der Waals surface area contributed by atoms with E-state index in [1.165, 1.54) is 40.3 Å². The van der Waals surface area contributed by atoms with E-state index in [4.69, 9.17) is 0 Å². The van der Waals surface area contributed by atoms with Crippen LogP contribution >= 0.6 is 31.9 Å². The minimum Gasteiger partial charge on any atom is -0.434 e. The van der Waals surface area contributed by atoms with Crippen LogP contribution in [0, 0.1) is 0 Å². The molecule has 0 bridgehead atoms. The number of aromatic nitrogens is 1. The van der Waals surface area contributed by atoms with Crippen LogP contribution in [0.25, 0.3) is 10.9 Å². The fraction of sp³-hybridized carbons (Fsp3) is 0.238. The fourth-order valence-corrected chi connectivity index (χ4v) is 4.22. The molecule has 182 valence electrons. The number of ether oxygens (including phenoxy) is 1. The molecule has 13 heteroatoms. The molecule has 1 aromatic heterocycles. The van der Waals surface area contributed by atoms with Crippen LogP contribution in [0.15, 0.2) is 53.1 Å². The Morgan fingerprint density at radius 1 is 1.03 bits per heavy atom. The Labute approximate surface area is 203 Å². The second kappa shape index (κ2) is 9.40. The number of halogens is 10. The van der Waals surface area contributed by atoms with Crippen LogP contribution in [0.5, 0.6) is 5.75 Å². The van der Waals surface area contributed by atoms with Crippen LogP contribution in [0.4, 0.5) is 35.1 Å². The van der Waals surface area contributed by atoms with E-state index in [-0.39, 0.29) is 17.2 Å². The van der Waals surface area contributed by atoms with Gasteiger partial charge < -0.3 is 4.74 Å². The van der Waals surface area contributed by atoms with Crippen molar-refractivity contribution >= 4 is 48.5 Å². The lowest BCUT2D eigenvalue weighted by Gasteiger charge is -2.32. The lowest BCUT2D eigenvalue weighted by Crippen LogP contribution is -2.49. The molecule has 0 amide bonds. The molecular formula is C21H11Br2F8NO2. The van der Waals surface area contributed by atoms with E-state index in [0.717, 1.165) is 0 Å². The number of benzene rings is 2. The van der Waals surface area contributed by atoms with Gasteiger partial charge >= 0.3 is 23.3 Å². The average molecular weight is 621 g/mol. The maximum absolute atomic E-state index is 14.8. The number of pyridine rings is 1.